The van der Waals surface area contributed by atoms with Gasteiger partial charge in [-0.25, -0.2) is 9.59 Å². The maximum atomic E-state index is 12.9. The number of methoxy groups -OCH3 is 2. The van der Waals surface area contributed by atoms with Crippen LogP contribution in [0.2, 0.25) is 0 Å². The van der Waals surface area contributed by atoms with Gasteiger partial charge in [-0.05, 0) is 36.2 Å². The minimum Gasteiger partial charge on any atom is -0.465 e. The van der Waals surface area contributed by atoms with Gasteiger partial charge in [0.1, 0.15) is 0 Å². The molecule has 0 aromatic heterocycles. The van der Waals surface area contributed by atoms with Crippen molar-refractivity contribution in [1.29, 1.82) is 5.26 Å². The number of nitriles is 1. The van der Waals surface area contributed by atoms with Crippen molar-refractivity contribution < 1.29 is 23.8 Å². The number of rotatable bonds is 4. The maximum absolute atomic E-state index is 12.9. The van der Waals surface area contributed by atoms with E-state index < -0.39 is 11.9 Å². The molecule has 1 aliphatic heterocycles. The summed E-state index contributed by atoms with van der Waals surface area (Å²) in [5.41, 5.74) is 3.52. The molecular weight excluding hydrogens is 372 g/mol. The standard InChI is InChI=1S/C22H22N2O5/c1-14-12-17(24-8-10-29-11-9-24)20(22(26)28-3)19(18(14)21(25)27-2)16-6-4-15(13-23)5-7-16/h4-7,12H,8-11H2,1-3H3. The van der Waals surface area contributed by atoms with Crippen molar-refractivity contribution in [3.8, 4) is 17.2 Å². The Hall–Kier alpha value is -3.37. The summed E-state index contributed by atoms with van der Waals surface area (Å²) in [6.45, 7) is 4.14. The Morgan fingerprint density at radius 2 is 1.62 bits per heavy atom. The highest BCUT2D eigenvalue weighted by molar-refractivity contribution is 6.10. The molecule has 1 saturated heterocycles. The van der Waals surface area contributed by atoms with E-state index in [0.29, 0.717) is 65.4 Å². The molecule has 1 fully saturated rings. The number of carbonyl (C=O) groups excluding carboxylic acids is 2. The van der Waals surface area contributed by atoms with Gasteiger partial charge >= 0.3 is 11.9 Å². The first-order valence-corrected chi connectivity index (χ1v) is 9.19. The molecule has 0 saturated carbocycles. The van der Waals surface area contributed by atoms with Crippen molar-refractivity contribution in [2.75, 3.05) is 45.4 Å². The summed E-state index contributed by atoms with van der Waals surface area (Å²) < 4.78 is 15.5. The molecule has 0 spiro atoms. The summed E-state index contributed by atoms with van der Waals surface area (Å²) in [6, 6.07) is 10.6. The van der Waals surface area contributed by atoms with Crippen molar-refractivity contribution >= 4 is 17.6 Å². The molecule has 0 aliphatic carbocycles. The summed E-state index contributed by atoms with van der Waals surface area (Å²) in [4.78, 5) is 27.6. The van der Waals surface area contributed by atoms with Crippen LogP contribution in [-0.2, 0) is 14.2 Å². The molecule has 2 aromatic carbocycles. The van der Waals surface area contributed by atoms with E-state index in [0.717, 1.165) is 0 Å². The summed E-state index contributed by atoms with van der Waals surface area (Å²) >= 11 is 0. The average Bonchev–Trinajstić information content (AvgIpc) is 2.78. The molecule has 1 aliphatic rings. The monoisotopic (exact) mass is 394 g/mol. The molecule has 0 amide bonds. The fraction of sp³-hybridized carbons (Fsp3) is 0.318. The van der Waals surface area contributed by atoms with Gasteiger partial charge < -0.3 is 19.1 Å². The summed E-state index contributed by atoms with van der Waals surface area (Å²) in [7, 11) is 2.61. The first-order valence-electron chi connectivity index (χ1n) is 9.19. The number of hydrogen-bond donors (Lipinski definition) is 0. The first-order chi connectivity index (χ1) is 14.0. The zero-order chi connectivity index (χ0) is 21.0. The van der Waals surface area contributed by atoms with E-state index in [9.17, 15) is 9.59 Å². The molecule has 0 atom stereocenters. The molecule has 1 heterocycles. The lowest BCUT2D eigenvalue weighted by Gasteiger charge is -2.32. The van der Waals surface area contributed by atoms with Crippen LogP contribution in [0, 0.1) is 18.3 Å². The lowest BCUT2D eigenvalue weighted by atomic mass is 9.88. The van der Waals surface area contributed by atoms with Crippen molar-refractivity contribution in [3.05, 3.63) is 52.6 Å². The van der Waals surface area contributed by atoms with Crippen LogP contribution in [0.3, 0.4) is 0 Å². The van der Waals surface area contributed by atoms with Gasteiger partial charge in [-0.1, -0.05) is 12.1 Å². The van der Waals surface area contributed by atoms with Crippen LogP contribution in [0.5, 0.6) is 0 Å². The zero-order valence-electron chi connectivity index (χ0n) is 16.7. The van der Waals surface area contributed by atoms with Gasteiger partial charge in [0.25, 0.3) is 0 Å². The Balaban J connectivity index is 2.35. The third-order valence-corrected chi connectivity index (χ3v) is 4.94. The third kappa shape index (κ3) is 3.93. The number of nitrogens with zero attached hydrogens (tertiary/aromatic N) is 2. The predicted molar refractivity (Wildman–Crippen MR) is 107 cm³/mol. The molecule has 7 heteroatoms. The molecule has 29 heavy (non-hydrogen) atoms. The summed E-state index contributed by atoms with van der Waals surface area (Å²) in [5, 5.41) is 9.10. The lowest BCUT2D eigenvalue weighted by Crippen LogP contribution is -2.37. The number of carbonyl (C=O) groups is 2. The van der Waals surface area contributed by atoms with Crippen LogP contribution in [0.1, 0.15) is 31.8 Å². The van der Waals surface area contributed by atoms with Gasteiger partial charge in [-0.15, -0.1) is 0 Å². The summed E-state index contributed by atoms with van der Waals surface area (Å²) in [6.07, 6.45) is 0. The average molecular weight is 394 g/mol. The van der Waals surface area contributed by atoms with E-state index in [2.05, 4.69) is 11.0 Å². The highest BCUT2D eigenvalue weighted by atomic mass is 16.5. The van der Waals surface area contributed by atoms with Crippen LogP contribution in [0.15, 0.2) is 30.3 Å². The molecular formula is C22H22N2O5. The number of benzene rings is 2. The maximum Gasteiger partial charge on any atom is 0.340 e. The number of anilines is 1. The molecule has 0 bridgehead atoms. The largest absolute Gasteiger partial charge is 0.465 e. The van der Waals surface area contributed by atoms with E-state index in [1.54, 1.807) is 24.3 Å². The molecule has 0 N–H and O–H groups in total. The van der Waals surface area contributed by atoms with E-state index in [1.165, 1.54) is 14.2 Å². The van der Waals surface area contributed by atoms with E-state index >= 15 is 0 Å². The SMILES string of the molecule is COC(=O)c1c(C)cc(N2CCOCC2)c(C(=O)OC)c1-c1ccc(C#N)cc1. The number of morpholine rings is 1. The number of hydrogen-bond acceptors (Lipinski definition) is 7. The lowest BCUT2D eigenvalue weighted by molar-refractivity contribution is 0.0600. The fourth-order valence-electron chi connectivity index (χ4n) is 3.53. The van der Waals surface area contributed by atoms with Crippen molar-refractivity contribution in [2.24, 2.45) is 0 Å². The Labute approximate surface area is 169 Å². The number of ether oxygens (including phenoxy) is 3. The normalized spacial score (nSPS) is 13.5. The fourth-order valence-corrected chi connectivity index (χ4v) is 3.53. The zero-order valence-corrected chi connectivity index (χ0v) is 16.7. The Morgan fingerprint density at radius 3 is 2.17 bits per heavy atom. The van der Waals surface area contributed by atoms with Gasteiger partial charge in [-0.2, -0.15) is 5.26 Å². The quantitative estimate of drug-likeness (QED) is 0.737. The molecule has 7 nitrogen and oxygen atoms in total. The number of aryl methyl sites for hydroxylation is 1. The second-order valence-electron chi connectivity index (χ2n) is 6.61. The Morgan fingerprint density at radius 1 is 1.03 bits per heavy atom. The van der Waals surface area contributed by atoms with Crippen molar-refractivity contribution in [2.45, 2.75) is 6.92 Å². The second kappa shape index (κ2) is 8.76. The van der Waals surface area contributed by atoms with Crippen LogP contribution in [0.4, 0.5) is 5.69 Å². The van der Waals surface area contributed by atoms with Gasteiger partial charge in [0.15, 0.2) is 0 Å². The minimum absolute atomic E-state index is 0.296. The third-order valence-electron chi connectivity index (χ3n) is 4.94. The predicted octanol–water partition coefficient (Wildman–Crippen LogP) is 2.94. The molecule has 2 aromatic rings. The molecule has 3 rings (SSSR count). The molecule has 0 radical (unpaired) electrons. The van der Waals surface area contributed by atoms with Crippen LogP contribution in [-0.4, -0.2) is 52.5 Å². The first kappa shape index (κ1) is 20.4. The highest BCUT2D eigenvalue weighted by Gasteiger charge is 2.30. The van der Waals surface area contributed by atoms with E-state index in [4.69, 9.17) is 19.5 Å². The smallest absolute Gasteiger partial charge is 0.340 e. The highest BCUT2D eigenvalue weighted by Crippen LogP contribution is 2.38. The van der Waals surface area contributed by atoms with Gasteiger partial charge in [0, 0.05) is 18.7 Å². The topological polar surface area (TPSA) is 88.9 Å². The van der Waals surface area contributed by atoms with Gasteiger partial charge in [0.05, 0.1) is 55.9 Å². The number of esters is 2. The van der Waals surface area contributed by atoms with E-state index in [-0.39, 0.29) is 0 Å². The van der Waals surface area contributed by atoms with Crippen molar-refractivity contribution in [3.63, 3.8) is 0 Å². The van der Waals surface area contributed by atoms with Crippen LogP contribution >= 0.6 is 0 Å². The van der Waals surface area contributed by atoms with E-state index in [1.807, 2.05) is 13.0 Å². The van der Waals surface area contributed by atoms with Gasteiger partial charge in [-0.3, -0.25) is 0 Å². The summed E-state index contributed by atoms with van der Waals surface area (Å²) in [5.74, 6) is -1.09. The Bertz CT molecular complexity index is 970. The van der Waals surface area contributed by atoms with Crippen LogP contribution in [0.25, 0.3) is 11.1 Å². The molecule has 0 unspecified atom stereocenters. The van der Waals surface area contributed by atoms with Crippen molar-refractivity contribution in [1.82, 2.24) is 0 Å². The molecule has 150 valence electrons. The Kier molecular flexibility index (Phi) is 6.15. The second-order valence-corrected chi connectivity index (χ2v) is 6.61. The van der Waals surface area contributed by atoms with Crippen LogP contribution < -0.4 is 4.90 Å². The van der Waals surface area contributed by atoms with Gasteiger partial charge in [0.2, 0.25) is 0 Å². The minimum atomic E-state index is -0.545.